The van der Waals surface area contributed by atoms with Gasteiger partial charge in [0.15, 0.2) is 0 Å². The van der Waals surface area contributed by atoms with E-state index in [2.05, 4.69) is 33.8 Å². The van der Waals surface area contributed by atoms with E-state index in [1.807, 2.05) is 23.5 Å². The molecule has 4 heterocycles. The van der Waals surface area contributed by atoms with E-state index in [9.17, 15) is 4.79 Å². The van der Waals surface area contributed by atoms with Crippen molar-refractivity contribution in [1.82, 2.24) is 14.8 Å². The second kappa shape index (κ2) is 6.89. The fourth-order valence-corrected chi connectivity index (χ4v) is 5.27. The number of likely N-dealkylation sites (tertiary alicyclic amines) is 2. The smallest absolute Gasteiger partial charge is 0.255 e. The van der Waals surface area contributed by atoms with Gasteiger partial charge >= 0.3 is 0 Å². The van der Waals surface area contributed by atoms with E-state index in [1.54, 1.807) is 12.4 Å². The van der Waals surface area contributed by atoms with Gasteiger partial charge in [0.25, 0.3) is 5.91 Å². The maximum absolute atomic E-state index is 12.8. The van der Waals surface area contributed by atoms with Gasteiger partial charge in [-0.1, -0.05) is 0 Å². The summed E-state index contributed by atoms with van der Waals surface area (Å²) in [6, 6.07) is 8.18. The van der Waals surface area contributed by atoms with Crippen LogP contribution in [0.1, 0.15) is 39.4 Å². The second-order valence-corrected chi connectivity index (χ2v) is 8.92. The van der Waals surface area contributed by atoms with Crippen molar-refractivity contribution in [3.05, 3.63) is 52.0 Å². The van der Waals surface area contributed by atoms with E-state index in [0.717, 1.165) is 39.1 Å². The number of aromatic nitrogens is 1. The highest BCUT2D eigenvalue weighted by Crippen LogP contribution is 2.40. The van der Waals surface area contributed by atoms with Gasteiger partial charge in [0, 0.05) is 53.7 Å². The molecule has 5 heteroatoms. The number of thiophene rings is 1. The molecule has 2 aliphatic rings. The summed E-state index contributed by atoms with van der Waals surface area (Å²) in [5, 5.41) is 0. The van der Waals surface area contributed by atoms with Crippen molar-refractivity contribution in [2.75, 3.05) is 26.2 Å². The van der Waals surface area contributed by atoms with Crippen LogP contribution in [-0.4, -0.2) is 46.9 Å². The molecule has 1 spiro atoms. The van der Waals surface area contributed by atoms with Crippen LogP contribution in [-0.2, 0) is 6.54 Å². The molecule has 132 valence electrons. The first-order valence-electron chi connectivity index (χ1n) is 9.11. The predicted molar refractivity (Wildman–Crippen MR) is 101 cm³/mol. The molecule has 4 rings (SSSR count). The van der Waals surface area contributed by atoms with Crippen molar-refractivity contribution < 1.29 is 4.79 Å². The number of nitrogens with zero attached hydrogens (tertiary/aromatic N) is 3. The molecule has 0 N–H and O–H groups in total. The molecule has 2 fully saturated rings. The Hall–Kier alpha value is -1.72. The Bertz CT molecular complexity index is 744. The summed E-state index contributed by atoms with van der Waals surface area (Å²) < 4.78 is 0. The van der Waals surface area contributed by atoms with Gasteiger partial charge in [0.05, 0.1) is 5.56 Å². The van der Waals surface area contributed by atoms with Crippen LogP contribution in [0, 0.1) is 12.3 Å². The molecule has 0 radical (unpaired) electrons. The summed E-state index contributed by atoms with van der Waals surface area (Å²) in [5.74, 6) is 0.138. The Morgan fingerprint density at radius 2 is 2.16 bits per heavy atom. The van der Waals surface area contributed by atoms with Crippen LogP contribution >= 0.6 is 11.3 Å². The number of pyridine rings is 1. The summed E-state index contributed by atoms with van der Waals surface area (Å²) in [4.78, 5) is 24.3. The molecule has 1 atom stereocenters. The van der Waals surface area contributed by atoms with Crippen molar-refractivity contribution in [1.29, 1.82) is 0 Å². The highest BCUT2D eigenvalue weighted by molar-refractivity contribution is 7.11. The summed E-state index contributed by atoms with van der Waals surface area (Å²) in [6.07, 6.45) is 6.95. The number of hydrogen-bond donors (Lipinski definition) is 0. The highest BCUT2D eigenvalue weighted by atomic mass is 32.1. The predicted octanol–water partition coefficient (Wildman–Crippen LogP) is 3.58. The Morgan fingerprint density at radius 1 is 1.24 bits per heavy atom. The average molecular weight is 356 g/mol. The van der Waals surface area contributed by atoms with Crippen LogP contribution in [0.15, 0.2) is 36.7 Å². The molecule has 2 aliphatic heterocycles. The van der Waals surface area contributed by atoms with Gasteiger partial charge in [0.2, 0.25) is 0 Å². The van der Waals surface area contributed by atoms with Crippen molar-refractivity contribution in [3.63, 3.8) is 0 Å². The van der Waals surface area contributed by atoms with E-state index in [4.69, 9.17) is 0 Å². The van der Waals surface area contributed by atoms with Crippen molar-refractivity contribution in [2.45, 2.75) is 32.7 Å². The van der Waals surface area contributed by atoms with Gasteiger partial charge in [-0.2, -0.15) is 0 Å². The minimum Gasteiger partial charge on any atom is -0.338 e. The zero-order chi connectivity index (χ0) is 17.3. The lowest BCUT2D eigenvalue weighted by Crippen LogP contribution is -2.47. The average Bonchev–Trinajstić information content (AvgIpc) is 3.21. The van der Waals surface area contributed by atoms with Crippen molar-refractivity contribution >= 4 is 17.2 Å². The third-order valence-electron chi connectivity index (χ3n) is 5.55. The van der Waals surface area contributed by atoms with Gasteiger partial charge in [0.1, 0.15) is 0 Å². The van der Waals surface area contributed by atoms with Crippen molar-refractivity contribution in [3.8, 4) is 0 Å². The van der Waals surface area contributed by atoms with Crippen LogP contribution in [0.3, 0.4) is 0 Å². The molecule has 2 saturated heterocycles. The molecule has 25 heavy (non-hydrogen) atoms. The van der Waals surface area contributed by atoms with E-state index >= 15 is 0 Å². The van der Waals surface area contributed by atoms with Gasteiger partial charge in [-0.05, 0) is 57.0 Å². The summed E-state index contributed by atoms with van der Waals surface area (Å²) >= 11 is 1.90. The fraction of sp³-hybridized carbons (Fsp3) is 0.500. The molecule has 2 aromatic rings. The highest BCUT2D eigenvalue weighted by Gasteiger charge is 2.42. The quantitative estimate of drug-likeness (QED) is 0.844. The molecule has 0 aliphatic carbocycles. The van der Waals surface area contributed by atoms with E-state index in [-0.39, 0.29) is 11.3 Å². The third-order valence-corrected chi connectivity index (χ3v) is 6.54. The minimum absolute atomic E-state index is 0.138. The maximum atomic E-state index is 12.8. The largest absolute Gasteiger partial charge is 0.338 e. The summed E-state index contributed by atoms with van der Waals surface area (Å²) in [6.45, 7) is 7.24. The molecular weight excluding hydrogens is 330 g/mol. The topological polar surface area (TPSA) is 36.4 Å². The van der Waals surface area contributed by atoms with Gasteiger partial charge in [-0.15, -0.1) is 11.3 Å². The van der Waals surface area contributed by atoms with Gasteiger partial charge < -0.3 is 4.90 Å². The van der Waals surface area contributed by atoms with Crippen LogP contribution in [0.25, 0.3) is 0 Å². The number of aryl methyl sites for hydroxylation is 1. The Morgan fingerprint density at radius 3 is 2.92 bits per heavy atom. The zero-order valence-electron chi connectivity index (χ0n) is 14.8. The summed E-state index contributed by atoms with van der Waals surface area (Å²) in [5.41, 5.74) is 0.992. The van der Waals surface area contributed by atoms with Gasteiger partial charge in [-0.25, -0.2) is 0 Å². The molecular formula is C20H25N3OS. The molecule has 0 unspecified atom stereocenters. The van der Waals surface area contributed by atoms with E-state index in [1.165, 1.54) is 22.6 Å². The van der Waals surface area contributed by atoms with Crippen LogP contribution in [0.2, 0.25) is 0 Å². The Kier molecular flexibility index (Phi) is 4.61. The number of rotatable bonds is 3. The third kappa shape index (κ3) is 3.62. The molecule has 1 amide bonds. The molecule has 0 saturated carbocycles. The number of carbonyl (C=O) groups excluding carboxylic acids is 1. The Balaban J connectivity index is 1.41. The number of carbonyl (C=O) groups is 1. The standard InChI is InChI=1S/C20H25N3OS/c1-16-5-6-18(25-16)13-22-11-8-20(14-22)7-3-10-23(15-20)19(24)17-4-2-9-21-12-17/h2,4-6,9,12H,3,7-8,10-11,13-15H2,1H3/t20-/m0/s1. The SMILES string of the molecule is Cc1ccc(CN2CC[C@@]3(CCCN(C(=O)c4cccnc4)C3)C2)s1. The van der Waals surface area contributed by atoms with Crippen molar-refractivity contribution in [2.24, 2.45) is 5.41 Å². The normalized spacial score (nSPS) is 24.1. The number of piperidine rings is 1. The van der Waals surface area contributed by atoms with E-state index < -0.39 is 0 Å². The molecule has 2 aromatic heterocycles. The van der Waals surface area contributed by atoms with Crippen LogP contribution in [0.5, 0.6) is 0 Å². The maximum Gasteiger partial charge on any atom is 0.255 e. The number of hydrogen-bond acceptors (Lipinski definition) is 4. The fourth-order valence-electron chi connectivity index (χ4n) is 4.34. The monoisotopic (exact) mass is 355 g/mol. The molecule has 0 aromatic carbocycles. The number of amides is 1. The zero-order valence-corrected chi connectivity index (χ0v) is 15.6. The first kappa shape index (κ1) is 16.7. The first-order chi connectivity index (χ1) is 12.1. The van der Waals surface area contributed by atoms with Gasteiger partial charge in [-0.3, -0.25) is 14.7 Å². The second-order valence-electron chi connectivity index (χ2n) is 7.54. The lowest BCUT2D eigenvalue weighted by atomic mass is 9.79. The lowest BCUT2D eigenvalue weighted by Gasteiger charge is -2.40. The summed E-state index contributed by atoms with van der Waals surface area (Å²) in [7, 11) is 0. The molecule has 4 nitrogen and oxygen atoms in total. The Labute approximate surface area is 153 Å². The van der Waals surface area contributed by atoms with Crippen LogP contribution in [0.4, 0.5) is 0 Å². The lowest BCUT2D eigenvalue weighted by molar-refractivity contribution is 0.0526. The molecule has 0 bridgehead atoms. The van der Waals surface area contributed by atoms with E-state index in [0.29, 0.717) is 5.56 Å². The first-order valence-corrected chi connectivity index (χ1v) is 9.92. The van der Waals surface area contributed by atoms with Crippen LogP contribution < -0.4 is 0 Å². The minimum atomic E-state index is 0.138.